The van der Waals surface area contributed by atoms with Gasteiger partial charge in [0.1, 0.15) is 5.69 Å². The second kappa shape index (κ2) is 6.28. The van der Waals surface area contributed by atoms with E-state index >= 15 is 0 Å². The first-order valence-corrected chi connectivity index (χ1v) is 8.13. The molecule has 4 aromatic rings. The van der Waals surface area contributed by atoms with E-state index in [9.17, 15) is 4.79 Å². The number of nitrogens with one attached hydrogen (secondary N) is 1. The van der Waals surface area contributed by atoms with Gasteiger partial charge in [-0.25, -0.2) is 0 Å². The second-order valence-electron chi connectivity index (χ2n) is 6.02. The number of rotatable bonds is 4. The largest absolute Gasteiger partial charge is 0.332 e. The third-order valence-electron chi connectivity index (χ3n) is 4.19. The predicted molar refractivity (Wildman–Crippen MR) is 98.6 cm³/mol. The SMILES string of the molecule is Cn1cc(NC(=O)c2cc3ccccc3n2Cc2ccccc2)cn1. The molecule has 0 spiro atoms. The predicted octanol–water partition coefficient (Wildman–Crippen LogP) is 3.68. The molecule has 0 unspecified atom stereocenters. The van der Waals surface area contributed by atoms with E-state index < -0.39 is 0 Å². The number of nitrogens with zero attached hydrogens (tertiary/aromatic N) is 3. The summed E-state index contributed by atoms with van der Waals surface area (Å²) >= 11 is 0. The molecule has 0 aliphatic carbocycles. The van der Waals surface area contributed by atoms with Crippen molar-refractivity contribution in [2.45, 2.75) is 6.54 Å². The highest BCUT2D eigenvalue weighted by molar-refractivity contribution is 6.06. The summed E-state index contributed by atoms with van der Waals surface area (Å²) in [5.41, 5.74) is 3.51. The molecule has 2 aromatic heterocycles. The van der Waals surface area contributed by atoms with Crippen LogP contribution in [0.15, 0.2) is 73.1 Å². The summed E-state index contributed by atoms with van der Waals surface area (Å²) in [7, 11) is 1.82. The summed E-state index contributed by atoms with van der Waals surface area (Å²) in [6.45, 7) is 0.643. The van der Waals surface area contributed by atoms with Crippen molar-refractivity contribution in [2.75, 3.05) is 5.32 Å². The summed E-state index contributed by atoms with van der Waals surface area (Å²) in [5.74, 6) is -0.139. The van der Waals surface area contributed by atoms with Crippen molar-refractivity contribution >= 4 is 22.5 Å². The molecule has 5 heteroatoms. The molecule has 5 nitrogen and oxygen atoms in total. The van der Waals surface area contributed by atoms with E-state index in [1.807, 2.05) is 55.6 Å². The molecule has 0 atom stereocenters. The lowest BCUT2D eigenvalue weighted by Gasteiger charge is -2.11. The number of carbonyl (C=O) groups excluding carboxylic acids is 1. The first-order valence-electron chi connectivity index (χ1n) is 8.13. The average Bonchev–Trinajstić information content (AvgIpc) is 3.20. The van der Waals surface area contributed by atoms with Crippen molar-refractivity contribution in [1.82, 2.24) is 14.3 Å². The van der Waals surface area contributed by atoms with Crippen molar-refractivity contribution in [3.63, 3.8) is 0 Å². The van der Waals surface area contributed by atoms with Gasteiger partial charge < -0.3 is 9.88 Å². The van der Waals surface area contributed by atoms with Gasteiger partial charge in [-0.3, -0.25) is 9.48 Å². The van der Waals surface area contributed by atoms with Gasteiger partial charge in [0.2, 0.25) is 0 Å². The standard InChI is InChI=1S/C20H18N4O/c1-23-14-17(12-21-23)22-20(25)19-11-16-9-5-6-10-18(16)24(19)13-15-7-3-2-4-8-15/h2-12,14H,13H2,1H3,(H,22,25). The molecule has 0 fully saturated rings. The van der Waals surface area contributed by atoms with Crippen molar-refractivity contribution in [3.8, 4) is 0 Å². The number of amides is 1. The molecule has 1 N–H and O–H groups in total. The van der Waals surface area contributed by atoms with Gasteiger partial charge in [0, 0.05) is 30.7 Å². The van der Waals surface area contributed by atoms with E-state index in [4.69, 9.17) is 0 Å². The monoisotopic (exact) mass is 330 g/mol. The minimum Gasteiger partial charge on any atom is -0.332 e. The van der Waals surface area contributed by atoms with Crippen LogP contribution in [0.4, 0.5) is 5.69 Å². The molecule has 1 amide bonds. The van der Waals surface area contributed by atoms with Gasteiger partial charge in [-0.2, -0.15) is 5.10 Å². The molecule has 124 valence electrons. The van der Waals surface area contributed by atoms with Crippen LogP contribution in [0, 0.1) is 0 Å². The van der Waals surface area contributed by atoms with Crippen LogP contribution in [0.3, 0.4) is 0 Å². The Morgan fingerprint density at radius 1 is 1.08 bits per heavy atom. The topological polar surface area (TPSA) is 51.9 Å². The average molecular weight is 330 g/mol. The summed E-state index contributed by atoms with van der Waals surface area (Å²) in [6.07, 6.45) is 3.42. The molecule has 0 aliphatic heterocycles. The highest BCUT2D eigenvalue weighted by atomic mass is 16.2. The molecule has 0 radical (unpaired) electrons. The van der Waals surface area contributed by atoms with E-state index in [1.54, 1.807) is 17.1 Å². The summed E-state index contributed by atoms with van der Waals surface area (Å²) < 4.78 is 3.71. The number of para-hydroxylation sites is 1. The lowest BCUT2D eigenvalue weighted by molar-refractivity contribution is 0.101. The Morgan fingerprint density at radius 3 is 2.60 bits per heavy atom. The number of carbonyl (C=O) groups is 1. The molecule has 0 saturated carbocycles. The van der Waals surface area contributed by atoms with Crippen molar-refractivity contribution in [1.29, 1.82) is 0 Å². The first-order chi connectivity index (χ1) is 12.2. The molecular formula is C20H18N4O. The Bertz CT molecular complexity index is 1030. The van der Waals surface area contributed by atoms with Crippen LogP contribution in [0.2, 0.25) is 0 Å². The van der Waals surface area contributed by atoms with Gasteiger partial charge >= 0.3 is 0 Å². The van der Waals surface area contributed by atoms with Crippen LogP contribution >= 0.6 is 0 Å². The molecule has 25 heavy (non-hydrogen) atoms. The maximum Gasteiger partial charge on any atom is 0.272 e. The molecular weight excluding hydrogens is 312 g/mol. The number of hydrogen-bond donors (Lipinski definition) is 1. The smallest absolute Gasteiger partial charge is 0.272 e. The van der Waals surface area contributed by atoms with Crippen molar-refractivity contribution < 1.29 is 4.79 Å². The number of hydrogen-bond acceptors (Lipinski definition) is 2. The van der Waals surface area contributed by atoms with E-state index in [0.29, 0.717) is 17.9 Å². The van der Waals surface area contributed by atoms with E-state index in [2.05, 4.69) is 27.1 Å². The fourth-order valence-electron chi connectivity index (χ4n) is 3.02. The van der Waals surface area contributed by atoms with Gasteiger partial charge in [-0.15, -0.1) is 0 Å². The first kappa shape index (κ1) is 15.2. The fraction of sp³-hybridized carbons (Fsp3) is 0.100. The zero-order valence-electron chi connectivity index (χ0n) is 13.9. The van der Waals surface area contributed by atoms with Gasteiger partial charge in [0.25, 0.3) is 5.91 Å². The molecule has 0 saturated heterocycles. The maximum absolute atomic E-state index is 12.8. The number of benzene rings is 2. The van der Waals surface area contributed by atoms with Crippen LogP contribution in [0.25, 0.3) is 10.9 Å². The summed E-state index contributed by atoms with van der Waals surface area (Å²) in [5, 5.41) is 8.07. The Morgan fingerprint density at radius 2 is 1.84 bits per heavy atom. The van der Waals surface area contributed by atoms with Crippen molar-refractivity contribution in [2.24, 2.45) is 7.05 Å². The van der Waals surface area contributed by atoms with Crippen LogP contribution < -0.4 is 5.32 Å². The van der Waals surface area contributed by atoms with E-state index in [1.165, 1.54) is 0 Å². The zero-order chi connectivity index (χ0) is 17.2. The third-order valence-corrected chi connectivity index (χ3v) is 4.19. The van der Waals surface area contributed by atoms with Crippen molar-refractivity contribution in [3.05, 3.63) is 84.3 Å². The van der Waals surface area contributed by atoms with Crippen LogP contribution in [-0.2, 0) is 13.6 Å². The van der Waals surface area contributed by atoms with E-state index in [-0.39, 0.29) is 5.91 Å². The Hall–Kier alpha value is -3.34. The zero-order valence-corrected chi connectivity index (χ0v) is 13.9. The van der Waals surface area contributed by atoms with Crippen LogP contribution in [-0.4, -0.2) is 20.3 Å². The highest BCUT2D eigenvalue weighted by Gasteiger charge is 2.16. The molecule has 4 rings (SSSR count). The van der Waals surface area contributed by atoms with E-state index in [0.717, 1.165) is 16.5 Å². The van der Waals surface area contributed by atoms with Gasteiger partial charge in [-0.05, 0) is 17.7 Å². The lowest BCUT2D eigenvalue weighted by atomic mass is 10.2. The van der Waals surface area contributed by atoms with Gasteiger partial charge in [0.05, 0.1) is 11.9 Å². The fourth-order valence-corrected chi connectivity index (χ4v) is 3.02. The van der Waals surface area contributed by atoms with Gasteiger partial charge in [0.15, 0.2) is 0 Å². The maximum atomic E-state index is 12.8. The second-order valence-corrected chi connectivity index (χ2v) is 6.02. The molecule has 2 heterocycles. The lowest BCUT2D eigenvalue weighted by Crippen LogP contribution is -2.17. The Balaban J connectivity index is 1.74. The molecule has 0 bridgehead atoms. The number of anilines is 1. The van der Waals surface area contributed by atoms with Crippen LogP contribution in [0.5, 0.6) is 0 Å². The minimum atomic E-state index is -0.139. The molecule has 2 aromatic carbocycles. The number of fused-ring (bicyclic) bond motifs is 1. The summed E-state index contributed by atoms with van der Waals surface area (Å²) in [6, 6.07) is 20.1. The van der Waals surface area contributed by atoms with Crippen LogP contribution in [0.1, 0.15) is 16.1 Å². The Labute approximate surface area is 145 Å². The highest BCUT2D eigenvalue weighted by Crippen LogP contribution is 2.22. The Kier molecular flexibility index (Phi) is 3.82. The third kappa shape index (κ3) is 3.04. The number of aromatic nitrogens is 3. The summed E-state index contributed by atoms with van der Waals surface area (Å²) in [4.78, 5) is 12.8. The quantitative estimate of drug-likeness (QED) is 0.620. The minimum absolute atomic E-state index is 0.139. The normalized spacial score (nSPS) is 10.9. The van der Waals surface area contributed by atoms with Gasteiger partial charge in [-0.1, -0.05) is 48.5 Å². The molecule has 0 aliphatic rings. The number of aryl methyl sites for hydroxylation is 1.